The minimum absolute atomic E-state index is 0.252. The van der Waals surface area contributed by atoms with E-state index in [0.717, 1.165) is 35.1 Å². The third-order valence-corrected chi connectivity index (χ3v) is 4.82. The summed E-state index contributed by atoms with van der Waals surface area (Å²) in [7, 11) is 0. The van der Waals surface area contributed by atoms with Crippen molar-refractivity contribution in [2.24, 2.45) is 11.7 Å². The first-order chi connectivity index (χ1) is 10.2. The molecular formula is C15H20N4OS. The third kappa shape index (κ3) is 3.12. The minimum atomic E-state index is -0.252. The van der Waals surface area contributed by atoms with Gasteiger partial charge in [-0.3, -0.25) is 4.57 Å². The number of nitrogens with two attached hydrogens (primary N) is 1. The summed E-state index contributed by atoms with van der Waals surface area (Å²) in [6.45, 7) is 2.40. The number of benzene rings is 1. The molecule has 3 rings (SSSR count). The topological polar surface area (TPSA) is 77.0 Å². The summed E-state index contributed by atoms with van der Waals surface area (Å²) in [6.07, 6.45) is 2.03. The van der Waals surface area contributed by atoms with Gasteiger partial charge in [-0.1, -0.05) is 30.0 Å². The molecule has 1 aromatic carbocycles. The van der Waals surface area contributed by atoms with Gasteiger partial charge in [-0.05, 0) is 37.3 Å². The molecule has 0 saturated heterocycles. The van der Waals surface area contributed by atoms with Crippen LogP contribution >= 0.6 is 11.8 Å². The van der Waals surface area contributed by atoms with Crippen molar-refractivity contribution < 1.29 is 5.11 Å². The highest BCUT2D eigenvalue weighted by molar-refractivity contribution is 7.99. The summed E-state index contributed by atoms with van der Waals surface area (Å²) in [4.78, 5) is 0. The third-order valence-electron chi connectivity index (χ3n) is 3.79. The molecule has 0 radical (unpaired) electrons. The SMILES string of the molecule is Cc1ccccc1-n1c(CN)nnc1SC[C@H](O)C1CC1. The molecule has 2 aromatic rings. The second-order valence-electron chi connectivity index (χ2n) is 5.44. The molecule has 0 aliphatic heterocycles. The van der Waals surface area contributed by atoms with Gasteiger partial charge in [0.2, 0.25) is 0 Å². The Kier molecular flexibility index (Phi) is 4.28. The van der Waals surface area contributed by atoms with Crippen LogP contribution in [0.1, 0.15) is 24.2 Å². The zero-order valence-electron chi connectivity index (χ0n) is 12.1. The van der Waals surface area contributed by atoms with Gasteiger partial charge in [0.25, 0.3) is 0 Å². The standard InChI is InChI=1S/C15H20N4OS/c1-10-4-2-3-5-12(10)19-14(8-16)17-18-15(19)21-9-13(20)11-6-7-11/h2-5,11,13,20H,6-9,16H2,1H3/t13-/m0/s1. The molecule has 0 bridgehead atoms. The molecule has 0 amide bonds. The van der Waals surface area contributed by atoms with Crippen molar-refractivity contribution in [3.05, 3.63) is 35.7 Å². The summed E-state index contributed by atoms with van der Waals surface area (Å²) >= 11 is 1.55. The molecule has 1 saturated carbocycles. The highest BCUT2D eigenvalue weighted by Gasteiger charge is 2.30. The number of hydrogen-bond donors (Lipinski definition) is 2. The predicted octanol–water partition coefficient (Wildman–Crippen LogP) is 1.90. The van der Waals surface area contributed by atoms with Crippen molar-refractivity contribution in [3.8, 4) is 5.69 Å². The molecule has 112 valence electrons. The average molecular weight is 304 g/mol. The number of nitrogens with zero attached hydrogens (tertiary/aromatic N) is 3. The van der Waals surface area contributed by atoms with Crippen LogP contribution in [-0.4, -0.2) is 31.7 Å². The molecule has 0 unspecified atom stereocenters. The van der Waals surface area contributed by atoms with Gasteiger partial charge in [0, 0.05) is 5.75 Å². The van der Waals surface area contributed by atoms with Gasteiger partial charge >= 0.3 is 0 Å². The van der Waals surface area contributed by atoms with Gasteiger partial charge in [0.1, 0.15) is 0 Å². The van der Waals surface area contributed by atoms with Crippen molar-refractivity contribution in [2.45, 2.75) is 37.6 Å². The van der Waals surface area contributed by atoms with Crippen LogP contribution in [-0.2, 0) is 6.54 Å². The van der Waals surface area contributed by atoms with E-state index in [2.05, 4.69) is 23.2 Å². The normalized spacial score (nSPS) is 16.1. The molecule has 1 heterocycles. The highest BCUT2D eigenvalue weighted by Crippen LogP contribution is 2.35. The van der Waals surface area contributed by atoms with E-state index in [-0.39, 0.29) is 6.10 Å². The number of aryl methyl sites for hydroxylation is 1. The number of aliphatic hydroxyl groups excluding tert-OH is 1. The van der Waals surface area contributed by atoms with Gasteiger partial charge in [0.05, 0.1) is 18.3 Å². The second-order valence-corrected chi connectivity index (χ2v) is 6.43. The molecule has 1 aliphatic rings. The quantitative estimate of drug-likeness (QED) is 0.797. The van der Waals surface area contributed by atoms with Crippen molar-refractivity contribution in [3.63, 3.8) is 0 Å². The largest absolute Gasteiger partial charge is 0.392 e. The molecule has 0 spiro atoms. The zero-order valence-corrected chi connectivity index (χ0v) is 12.9. The van der Waals surface area contributed by atoms with E-state index in [1.165, 1.54) is 0 Å². The zero-order chi connectivity index (χ0) is 14.8. The lowest BCUT2D eigenvalue weighted by Crippen LogP contribution is -2.13. The van der Waals surface area contributed by atoms with Gasteiger partial charge in [-0.15, -0.1) is 10.2 Å². The van der Waals surface area contributed by atoms with Crippen LogP contribution in [0.4, 0.5) is 0 Å². The Balaban J connectivity index is 1.87. The number of rotatable bonds is 6. The summed E-state index contributed by atoms with van der Waals surface area (Å²) in [6, 6.07) is 8.10. The van der Waals surface area contributed by atoms with Crippen LogP contribution in [0.15, 0.2) is 29.4 Å². The fraction of sp³-hybridized carbons (Fsp3) is 0.467. The molecule has 21 heavy (non-hydrogen) atoms. The van der Waals surface area contributed by atoms with E-state index in [0.29, 0.717) is 18.2 Å². The average Bonchev–Trinajstić information content (AvgIpc) is 3.26. The Bertz CT molecular complexity index is 624. The molecule has 1 fully saturated rings. The highest BCUT2D eigenvalue weighted by atomic mass is 32.2. The van der Waals surface area contributed by atoms with Gasteiger partial charge in [0.15, 0.2) is 11.0 Å². The van der Waals surface area contributed by atoms with Crippen LogP contribution < -0.4 is 5.73 Å². The summed E-state index contributed by atoms with van der Waals surface area (Å²) in [5.74, 6) is 1.87. The number of aliphatic hydroxyl groups is 1. The lowest BCUT2D eigenvalue weighted by molar-refractivity contribution is 0.176. The smallest absolute Gasteiger partial charge is 0.195 e. The minimum Gasteiger partial charge on any atom is -0.392 e. The Labute approximate surface area is 128 Å². The van der Waals surface area contributed by atoms with E-state index in [9.17, 15) is 5.11 Å². The molecule has 1 aromatic heterocycles. The van der Waals surface area contributed by atoms with E-state index >= 15 is 0 Å². The predicted molar refractivity (Wildman–Crippen MR) is 83.4 cm³/mol. The van der Waals surface area contributed by atoms with Crippen LogP contribution in [0.3, 0.4) is 0 Å². The molecule has 6 heteroatoms. The van der Waals surface area contributed by atoms with Crippen LogP contribution in [0.25, 0.3) is 5.69 Å². The van der Waals surface area contributed by atoms with Crippen LogP contribution in [0.5, 0.6) is 0 Å². The van der Waals surface area contributed by atoms with Crippen molar-refractivity contribution in [1.82, 2.24) is 14.8 Å². The van der Waals surface area contributed by atoms with E-state index in [1.807, 2.05) is 22.8 Å². The lowest BCUT2D eigenvalue weighted by atomic mass is 10.2. The first kappa shape index (κ1) is 14.6. The molecule has 1 aliphatic carbocycles. The van der Waals surface area contributed by atoms with Crippen molar-refractivity contribution >= 4 is 11.8 Å². The maximum Gasteiger partial charge on any atom is 0.195 e. The fourth-order valence-electron chi connectivity index (χ4n) is 2.36. The number of thioether (sulfide) groups is 1. The number of para-hydroxylation sites is 1. The summed E-state index contributed by atoms with van der Waals surface area (Å²) < 4.78 is 2.00. The van der Waals surface area contributed by atoms with E-state index < -0.39 is 0 Å². The van der Waals surface area contributed by atoms with Gasteiger partial charge < -0.3 is 10.8 Å². The first-order valence-corrected chi connectivity index (χ1v) is 8.20. The molecule has 1 atom stereocenters. The first-order valence-electron chi connectivity index (χ1n) is 7.22. The van der Waals surface area contributed by atoms with Crippen LogP contribution in [0.2, 0.25) is 0 Å². The van der Waals surface area contributed by atoms with Gasteiger partial charge in [-0.25, -0.2) is 0 Å². The monoisotopic (exact) mass is 304 g/mol. The van der Waals surface area contributed by atoms with Crippen molar-refractivity contribution in [2.75, 3.05) is 5.75 Å². The molecule has 3 N–H and O–H groups in total. The van der Waals surface area contributed by atoms with E-state index in [4.69, 9.17) is 5.73 Å². The molecule has 5 nitrogen and oxygen atoms in total. The lowest BCUT2D eigenvalue weighted by Gasteiger charge is -2.13. The summed E-state index contributed by atoms with van der Waals surface area (Å²) in [5, 5.41) is 19.2. The Hall–Kier alpha value is -1.37. The number of hydrogen-bond acceptors (Lipinski definition) is 5. The summed E-state index contributed by atoms with van der Waals surface area (Å²) in [5.41, 5.74) is 7.98. The van der Waals surface area contributed by atoms with E-state index in [1.54, 1.807) is 11.8 Å². The van der Waals surface area contributed by atoms with Gasteiger partial charge in [-0.2, -0.15) is 0 Å². The Morgan fingerprint density at radius 3 is 2.81 bits per heavy atom. The van der Waals surface area contributed by atoms with Crippen LogP contribution in [0, 0.1) is 12.8 Å². The maximum absolute atomic E-state index is 10.0. The number of aromatic nitrogens is 3. The Morgan fingerprint density at radius 1 is 1.38 bits per heavy atom. The Morgan fingerprint density at radius 2 is 2.14 bits per heavy atom. The molecular weight excluding hydrogens is 284 g/mol. The second kappa shape index (κ2) is 6.17. The van der Waals surface area contributed by atoms with Crippen molar-refractivity contribution in [1.29, 1.82) is 0 Å². The fourth-order valence-corrected chi connectivity index (χ4v) is 3.38. The maximum atomic E-state index is 10.0.